The van der Waals surface area contributed by atoms with E-state index in [1.807, 2.05) is 16.8 Å². The highest BCUT2D eigenvalue weighted by atomic mass is 32.1. The third-order valence-electron chi connectivity index (χ3n) is 2.32. The van der Waals surface area contributed by atoms with Gasteiger partial charge in [-0.25, -0.2) is 4.98 Å². The lowest BCUT2D eigenvalue weighted by molar-refractivity contribution is 0.0912. The molecule has 0 aliphatic heterocycles. The molecule has 0 aliphatic carbocycles. The van der Waals surface area contributed by atoms with Gasteiger partial charge in [-0.3, -0.25) is 4.79 Å². The van der Waals surface area contributed by atoms with Gasteiger partial charge in [0.25, 0.3) is 5.91 Å². The number of nitrogens with one attached hydrogen (secondary N) is 1. The molecule has 1 amide bonds. The number of hydrogen-bond acceptors (Lipinski definition) is 4. The van der Waals surface area contributed by atoms with E-state index in [4.69, 9.17) is 0 Å². The zero-order valence-electron chi connectivity index (χ0n) is 9.33. The van der Waals surface area contributed by atoms with Crippen LogP contribution in [0.3, 0.4) is 0 Å². The van der Waals surface area contributed by atoms with Crippen LogP contribution in [0.2, 0.25) is 0 Å². The van der Waals surface area contributed by atoms with E-state index in [2.05, 4.69) is 10.3 Å². The fourth-order valence-corrected chi connectivity index (χ4v) is 2.10. The number of carbonyl (C=O) groups excluding carboxylic acids is 1. The number of nitrogens with zero attached hydrogens (tertiary/aromatic N) is 2. The zero-order valence-corrected chi connectivity index (χ0v) is 10.1. The van der Waals surface area contributed by atoms with Gasteiger partial charge >= 0.3 is 0 Å². The maximum absolute atomic E-state index is 11.6. The molecule has 0 saturated carbocycles. The molecule has 2 N–H and O–H groups in total. The van der Waals surface area contributed by atoms with Crippen molar-refractivity contribution >= 4 is 17.2 Å². The fourth-order valence-electron chi connectivity index (χ4n) is 1.39. The molecule has 0 aliphatic rings. The summed E-state index contributed by atoms with van der Waals surface area (Å²) in [5.74, 6) is -0.278. The van der Waals surface area contributed by atoms with Crippen LogP contribution in [0, 0.1) is 0 Å². The number of aliphatic hydroxyl groups excluding tert-OH is 1. The molecule has 90 valence electrons. The standard InChI is InChI=1S/C11H13N3O2S/c1-14-5-9(13-7-14)11(16)12-4-10(15)8-2-3-17-6-8/h2-3,5-7,10,15H,4H2,1H3,(H,12,16). The van der Waals surface area contributed by atoms with Gasteiger partial charge in [0.2, 0.25) is 0 Å². The van der Waals surface area contributed by atoms with E-state index in [0.29, 0.717) is 5.69 Å². The van der Waals surface area contributed by atoms with Crippen LogP contribution >= 0.6 is 11.3 Å². The average molecular weight is 251 g/mol. The molecule has 2 heterocycles. The van der Waals surface area contributed by atoms with Crippen molar-refractivity contribution in [3.05, 3.63) is 40.6 Å². The molecular formula is C11H13N3O2S. The van der Waals surface area contributed by atoms with E-state index < -0.39 is 6.10 Å². The van der Waals surface area contributed by atoms with Gasteiger partial charge in [-0.05, 0) is 22.4 Å². The fraction of sp³-hybridized carbons (Fsp3) is 0.273. The first-order valence-corrected chi connectivity index (χ1v) is 6.07. The minimum absolute atomic E-state index is 0.187. The summed E-state index contributed by atoms with van der Waals surface area (Å²) in [6, 6.07) is 1.84. The van der Waals surface area contributed by atoms with Crippen LogP contribution in [-0.2, 0) is 7.05 Å². The molecule has 2 rings (SSSR count). The lowest BCUT2D eigenvalue weighted by atomic mass is 10.2. The van der Waals surface area contributed by atoms with Crippen molar-refractivity contribution in [1.82, 2.24) is 14.9 Å². The van der Waals surface area contributed by atoms with Crippen molar-refractivity contribution in [2.24, 2.45) is 7.05 Å². The second-order valence-electron chi connectivity index (χ2n) is 3.71. The average Bonchev–Trinajstić information content (AvgIpc) is 2.95. The number of rotatable bonds is 4. The smallest absolute Gasteiger partial charge is 0.271 e. The van der Waals surface area contributed by atoms with Crippen molar-refractivity contribution in [2.45, 2.75) is 6.10 Å². The highest BCUT2D eigenvalue weighted by molar-refractivity contribution is 7.07. The van der Waals surface area contributed by atoms with Crippen molar-refractivity contribution in [3.63, 3.8) is 0 Å². The molecule has 2 aromatic heterocycles. The van der Waals surface area contributed by atoms with E-state index in [0.717, 1.165) is 5.56 Å². The van der Waals surface area contributed by atoms with Crippen LogP contribution in [0.1, 0.15) is 22.2 Å². The monoisotopic (exact) mass is 251 g/mol. The van der Waals surface area contributed by atoms with Crippen LogP contribution in [0.25, 0.3) is 0 Å². The lowest BCUT2D eigenvalue weighted by Crippen LogP contribution is -2.28. The molecule has 2 aromatic rings. The number of aromatic nitrogens is 2. The molecule has 5 nitrogen and oxygen atoms in total. The second-order valence-corrected chi connectivity index (χ2v) is 4.49. The summed E-state index contributed by atoms with van der Waals surface area (Å²) in [6.07, 6.45) is 2.52. The number of imidazole rings is 1. The SMILES string of the molecule is Cn1cnc(C(=O)NCC(O)c2ccsc2)c1. The number of amides is 1. The topological polar surface area (TPSA) is 67.2 Å². The van der Waals surface area contributed by atoms with E-state index in [-0.39, 0.29) is 12.5 Å². The summed E-state index contributed by atoms with van der Waals surface area (Å²) in [5.41, 5.74) is 1.17. The van der Waals surface area contributed by atoms with Crippen molar-refractivity contribution in [3.8, 4) is 0 Å². The normalized spacial score (nSPS) is 12.4. The lowest BCUT2D eigenvalue weighted by Gasteiger charge is -2.09. The van der Waals surface area contributed by atoms with Gasteiger partial charge in [0.15, 0.2) is 0 Å². The summed E-state index contributed by atoms with van der Waals surface area (Å²) in [4.78, 5) is 15.6. The summed E-state index contributed by atoms with van der Waals surface area (Å²) in [5, 5.41) is 16.2. The highest BCUT2D eigenvalue weighted by Gasteiger charge is 2.12. The van der Waals surface area contributed by atoms with E-state index in [1.54, 1.807) is 24.1 Å². The third-order valence-corrected chi connectivity index (χ3v) is 3.02. The Labute approximate surface area is 103 Å². The van der Waals surface area contributed by atoms with Crippen LogP contribution < -0.4 is 5.32 Å². The Balaban J connectivity index is 1.88. The minimum atomic E-state index is -0.672. The number of aliphatic hydroxyl groups is 1. The van der Waals surface area contributed by atoms with Gasteiger partial charge < -0.3 is 15.0 Å². The van der Waals surface area contributed by atoms with Crippen LogP contribution in [0.5, 0.6) is 0 Å². The Morgan fingerprint density at radius 3 is 3.12 bits per heavy atom. The Morgan fingerprint density at radius 2 is 2.53 bits per heavy atom. The van der Waals surface area contributed by atoms with E-state index >= 15 is 0 Å². The Bertz CT molecular complexity index is 493. The van der Waals surface area contributed by atoms with E-state index in [1.165, 1.54) is 11.3 Å². The highest BCUT2D eigenvalue weighted by Crippen LogP contribution is 2.15. The largest absolute Gasteiger partial charge is 0.387 e. The van der Waals surface area contributed by atoms with Crippen LogP contribution in [0.15, 0.2) is 29.4 Å². The second kappa shape index (κ2) is 5.11. The maximum Gasteiger partial charge on any atom is 0.271 e. The van der Waals surface area contributed by atoms with Gasteiger partial charge in [-0.2, -0.15) is 11.3 Å². The maximum atomic E-state index is 11.6. The number of carbonyl (C=O) groups is 1. The molecular weight excluding hydrogens is 238 g/mol. The molecule has 0 radical (unpaired) electrons. The minimum Gasteiger partial charge on any atom is -0.387 e. The van der Waals surface area contributed by atoms with Gasteiger partial charge in [0.1, 0.15) is 5.69 Å². The summed E-state index contributed by atoms with van der Waals surface area (Å²) >= 11 is 1.51. The third kappa shape index (κ3) is 2.92. The number of aryl methyl sites for hydroxylation is 1. The number of hydrogen-bond donors (Lipinski definition) is 2. The molecule has 6 heteroatoms. The quantitative estimate of drug-likeness (QED) is 0.850. The molecule has 1 atom stereocenters. The van der Waals surface area contributed by atoms with Gasteiger partial charge in [-0.15, -0.1) is 0 Å². The summed E-state index contributed by atoms with van der Waals surface area (Å²) < 4.78 is 1.70. The Hall–Kier alpha value is -1.66. The zero-order chi connectivity index (χ0) is 12.3. The summed E-state index contributed by atoms with van der Waals surface area (Å²) in [6.45, 7) is 0.187. The van der Waals surface area contributed by atoms with E-state index in [9.17, 15) is 9.90 Å². The molecule has 0 spiro atoms. The first-order chi connectivity index (χ1) is 8.16. The van der Waals surface area contributed by atoms with Crippen molar-refractivity contribution in [2.75, 3.05) is 6.54 Å². The first kappa shape index (κ1) is 11.8. The Kier molecular flexibility index (Phi) is 3.55. The molecule has 0 fully saturated rings. The molecule has 0 saturated heterocycles. The molecule has 0 aromatic carbocycles. The van der Waals surface area contributed by atoms with Crippen LogP contribution in [-0.4, -0.2) is 27.1 Å². The predicted molar refractivity (Wildman–Crippen MR) is 64.8 cm³/mol. The molecule has 1 unspecified atom stereocenters. The summed E-state index contributed by atoms with van der Waals surface area (Å²) in [7, 11) is 1.80. The Morgan fingerprint density at radius 1 is 1.71 bits per heavy atom. The van der Waals surface area contributed by atoms with Crippen molar-refractivity contribution < 1.29 is 9.90 Å². The van der Waals surface area contributed by atoms with Gasteiger partial charge in [-0.1, -0.05) is 0 Å². The molecule has 17 heavy (non-hydrogen) atoms. The predicted octanol–water partition coefficient (Wildman–Crippen LogP) is 0.945. The molecule has 0 bridgehead atoms. The first-order valence-electron chi connectivity index (χ1n) is 5.13. The van der Waals surface area contributed by atoms with Gasteiger partial charge in [0, 0.05) is 19.8 Å². The number of thiophene rings is 1. The van der Waals surface area contributed by atoms with Gasteiger partial charge in [0.05, 0.1) is 12.4 Å². The van der Waals surface area contributed by atoms with Crippen molar-refractivity contribution in [1.29, 1.82) is 0 Å². The van der Waals surface area contributed by atoms with Crippen LogP contribution in [0.4, 0.5) is 0 Å².